The van der Waals surface area contributed by atoms with E-state index in [1.807, 2.05) is 12.1 Å². The molecule has 22 heavy (non-hydrogen) atoms. The summed E-state index contributed by atoms with van der Waals surface area (Å²) >= 11 is 0. The predicted molar refractivity (Wildman–Crippen MR) is 85.7 cm³/mol. The fraction of sp³-hybridized carbons (Fsp3) is 0.222. The summed E-state index contributed by atoms with van der Waals surface area (Å²) in [5.74, 6) is 1.31. The lowest BCUT2D eigenvalue weighted by molar-refractivity contribution is 0.377. The van der Waals surface area contributed by atoms with Crippen LogP contribution in [0.4, 0.5) is 5.69 Å². The van der Waals surface area contributed by atoms with Gasteiger partial charge in [0.25, 0.3) is 0 Å². The number of fused-ring (bicyclic) bond motifs is 1. The van der Waals surface area contributed by atoms with Crippen LogP contribution in [0.25, 0.3) is 11.4 Å². The van der Waals surface area contributed by atoms with E-state index < -0.39 is 0 Å². The summed E-state index contributed by atoms with van der Waals surface area (Å²) in [6, 6.07) is 16.7. The highest BCUT2D eigenvalue weighted by Gasteiger charge is 2.20. The first-order valence-electron chi connectivity index (χ1n) is 7.52. The number of para-hydroxylation sites is 1. The molecule has 2 heterocycles. The van der Waals surface area contributed by atoms with Gasteiger partial charge >= 0.3 is 0 Å². The van der Waals surface area contributed by atoms with Crippen molar-refractivity contribution < 1.29 is 4.52 Å². The Balaban J connectivity index is 1.54. The van der Waals surface area contributed by atoms with Crippen molar-refractivity contribution in [3.05, 3.63) is 65.5 Å². The van der Waals surface area contributed by atoms with Gasteiger partial charge in [-0.2, -0.15) is 4.98 Å². The van der Waals surface area contributed by atoms with Crippen LogP contribution in [-0.4, -0.2) is 16.7 Å². The van der Waals surface area contributed by atoms with Gasteiger partial charge in [0.1, 0.15) is 0 Å². The summed E-state index contributed by atoms with van der Waals surface area (Å²) in [7, 11) is 0. The summed E-state index contributed by atoms with van der Waals surface area (Å²) in [6.45, 7) is 3.73. The Labute approximate surface area is 129 Å². The Bertz CT molecular complexity index is 792. The van der Waals surface area contributed by atoms with Gasteiger partial charge in [0.05, 0.1) is 6.54 Å². The lowest BCUT2D eigenvalue weighted by atomic mass is 10.1. The molecule has 4 nitrogen and oxygen atoms in total. The van der Waals surface area contributed by atoms with Crippen LogP contribution in [0, 0.1) is 6.92 Å². The molecule has 0 saturated carbocycles. The van der Waals surface area contributed by atoms with Crippen molar-refractivity contribution in [3.63, 3.8) is 0 Å². The maximum absolute atomic E-state index is 5.42. The molecular formula is C18H17N3O. The SMILES string of the molecule is Cc1ccc(-c2noc(CN3CCc4ccccc43)n2)cc1. The average molecular weight is 291 g/mol. The molecule has 0 aliphatic carbocycles. The van der Waals surface area contributed by atoms with Crippen LogP contribution in [0.5, 0.6) is 0 Å². The van der Waals surface area contributed by atoms with Crippen LogP contribution in [0.2, 0.25) is 0 Å². The van der Waals surface area contributed by atoms with Gasteiger partial charge in [-0.3, -0.25) is 0 Å². The number of anilines is 1. The highest BCUT2D eigenvalue weighted by atomic mass is 16.5. The fourth-order valence-corrected chi connectivity index (χ4v) is 2.87. The molecule has 0 bridgehead atoms. The molecule has 0 radical (unpaired) electrons. The third kappa shape index (κ3) is 2.37. The molecule has 110 valence electrons. The van der Waals surface area contributed by atoms with Gasteiger partial charge in [0.15, 0.2) is 0 Å². The minimum atomic E-state index is 0.655. The monoisotopic (exact) mass is 291 g/mol. The lowest BCUT2D eigenvalue weighted by Crippen LogP contribution is -2.19. The van der Waals surface area contributed by atoms with Gasteiger partial charge < -0.3 is 9.42 Å². The van der Waals surface area contributed by atoms with Crippen LogP contribution in [0.3, 0.4) is 0 Å². The van der Waals surface area contributed by atoms with Crippen molar-refractivity contribution in [1.82, 2.24) is 10.1 Å². The minimum Gasteiger partial charge on any atom is -0.362 e. The molecule has 1 aromatic heterocycles. The van der Waals surface area contributed by atoms with Crippen LogP contribution < -0.4 is 4.90 Å². The topological polar surface area (TPSA) is 42.2 Å². The van der Waals surface area contributed by atoms with Gasteiger partial charge in [-0.15, -0.1) is 0 Å². The number of hydrogen-bond donors (Lipinski definition) is 0. The van der Waals surface area contributed by atoms with E-state index in [2.05, 4.69) is 58.4 Å². The molecule has 0 fully saturated rings. The van der Waals surface area contributed by atoms with Crippen LogP contribution >= 0.6 is 0 Å². The molecule has 4 heteroatoms. The highest BCUT2D eigenvalue weighted by molar-refractivity contribution is 5.58. The standard InChI is InChI=1S/C18H17N3O/c1-13-6-8-15(9-7-13)18-19-17(22-20-18)12-21-11-10-14-4-2-3-5-16(14)21/h2-9H,10-12H2,1H3. The van der Waals surface area contributed by atoms with Crippen LogP contribution in [-0.2, 0) is 13.0 Å². The third-order valence-corrected chi connectivity index (χ3v) is 4.09. The number of aromatic nitrogens is 2. The smallest absolute Gasteiger partial charge is 0.246 e. The van der Waals surface area contributed by atoms with Crippen molar-refractivity contribution in [3.8, 4) is 11.4 Å². The Kier molecular flexibility index (Phi) is 3.15. The average Bonchev–Trinajstić information content (AvgIpc) is 3.16. The summed E-state index contributed by atoms with van der Waals surface area (Å²) < 4.78 is 5.42. The quantitative estimate of drug-likeness (QED) is 0.739. The molecule has 0 spiro atoms. The molecule has 2 aromatic carbocycles. The number of aryl methyl sites for hydroxylation is 1. The first-order valence-corrected chi connectivity index (χ1v) is 7.52. The van der Waals surface area contributed by atoms with Gasteiger partial charge in [-0.1, -0.05) is 53.2 Å². The van der Waals surface area contributed by atoms with Gasteiger partial charge in [0.2, 0.25) is 11.7 Å². The zero-order valence-electron chi connectivity index (χ0n) is 12.5. The van der Waals surface area contributed by atoms with E-state index in [1.165, 1.54) is 16.8 Å². The van der Waals surface area contributed by atoms with Gasteiger partial charge in [0, 0.05) is 17.8 Å². The van der Waals surface area contributed by atoms with E-state index in [9.17, 15) is 0 Å². The number of benzene rings is 2. The van der Waals surface area contributed by atoms with Crippen molar-refractivity contribution in [2.24, 2.45) is 0 Å². The lowest BCUT2D eigenvalue weighted by Gasteiger charge is -2.16. The van der Waals surface area contributed by atoms with E-state index >= 15 is 0 Å². The molecule has 0 atom stereocenters. The predicted octanol–water partition coefficient (Wildman–Crippen LogP) is 3.61. The molecule has 4 rings (SSSR count). The largest absolute Gasteiger partial charge is 0.362 e. The summed E-state index contributed by atoms with van der Waals surface area (Å²) in [4.78, 5) is 6.82. The molecule has 1 aliphatic rings. The Hall–Kier alpha value is -2.62. The van der Waals surface area contributed by atoms with Crippen molar-refractivity contribution in [1.29, 1.82) is 0 Å². The maximum atomic E-state index is 5.42. The van der Waals surface area contributed by atoms with Crippen molar-refractivity contribution in [2.45, 2.75) is 19.9 Å². The zero-order valence-corrected chi connectivity index (χ0v) is 12.5. The zero-order chi connectivity index (χ0) is 14.9. The van der Waals surface area contributed by atoms with E-state index in [1.54, 1.807) is 0 Å². The summed E-state index contributed by atoms with van der Waals surface area (Å²) in [5, 5.41) is 4.10. The van der Waals surface area contributed by atoms with Crippen LogP contribution in [0.1, 0.15) is 17.0 Å². The summed E-state index contributed by atoms with van der Waals surface area (Å²) in [6.07, 6.45) is 1.08. The molecular weight excluding hydrogens is 274 g/mol. The highest BCUT2D eigenvalue weighted by Crippen LogP contribution is 2.28. The number of nitrogens with zero attached hydrogens (tertiary/aromatic N) is 3. The van der Waals surface area contributed by atoms with E-state index in [0.29, 0.717) is 18.3 Å². The Morgan fingerprint density at radius 1 is 1.09 bits per heavy atom. The van der Waals surface area contributed by atoms with E-state index in [-0.39, 0.29) is 0 Å². The Morgan fingerprint density at radius 2 is 1.91 bits per heavy atom. The van der Waals surface area contributed by atoms with Gasteiger partial charge in [-0.25, -0.2) is 0 Å². The first-order chi connectivity index (χ1) is 10.8. The van der Waals surface area contributed by atoms with E-state index in [4.69, 9.17) is 4.52 Å². The Morgan fingerprint density at radius 3 is 2.77 bits per heavy atom. The minimum absolute atomic E-state index is 0.655. The first kappa shape index (κ1) is 13.1. The number of hydrogen-bond acceptors (Lipinski definition) is 4. The van der Waals surface area contributed by atoms with Crippen LogP contribution in [0.15, 0.2) is 53.1 Å². The van der Waals surface area contributed by atoms with Gasteiger partial charge in [-0.05, 0) is 25.0 Å². The number of rotatable bonds is 3. The third-order valence-electron chi connectivity index (χ3n) is 4.09. The second-order valence-electron chi connectivity index (χ2n) is 5.68. The fourth-order valence-electron chi connectivity index (χ4n) is 2.87. The second-order valence-corrected chi connectivity index (χ2v) is 5.68. The second kappa shape index (κ2) is 5.30. The maximum Gasteiger partial charge on any atom is 0.246 e. The van der Waals surface area contributed by atoms with E-state index in [0.717, 1.165) is 18.5 Å². The molecule has 1 aliphatic heterocycles. The molecule has 0 N–H and O–H groups in total. The molecule has 0 saturated heterocycles. The molecule has 3 aromatic rings. The summed E-state index contributed by atoms with van der Waals surface area (Å²) in [5.41, 5.74) is 4.88. The molecule has 0 amide bonds. The van der Waals surface area contributed by atoms with Crippen molar-refractivity contribution in [2.75, 3.05) is 11.4 Å². The normalized spacial score (nSPS) is 13.4. The molecule has 0 unspecified atom stereocenters. The van der Waals surface area contributed by atoms with Crippen molar-refractivity contribution >= 4 is 5.69 Å².